The zero-order valence-electron chi connectivity index (χ0n) is 15.5. The molecule has 1 fully saturated rings. The van der Waals surface area contributed by atoms with E-state index in [1.165, 1.54) is 0 Å². The zero-order chi connectivity index (χ0) is 19.7. The van der Waals surface area contributed by atoms with Crippen LogP contribution in [0.3, 0.4) is 0 Å². The van der Waals surface area contributed by atoms with Crippen molar-refractivity contribution in [1.29, 1.82) is 0 Å². The van der Waals surface area contributed by atoms with Crippen LogP contribution in [0.15, 0.2) is 42.7 Å². The lowest BCUT2D eigenvalue weighted by Crippen LogP contribution is -2.42. The van der Waals surface area contributed by atoms with Gasteiger partial charge in [0.15, 0.2) is 0 Å². The van der Waals surface area contributed by atoms with Crippen molar-refractivity contribution in [3.8, 4) is 11.1 Å². The van der Waals surface area contributed by atoms with Gasteiger partial charge in [-0.05, 0) is 42.7 Å². The summed E-state index contributed by atoms with van der Waals surface area (Å²) in [5.74, 6) is 0.880. The number of nitrogens with one attached hydrogen (secondary N) is 1. The minimum absolute atomic E-state index is 0.0354. The molecule has 1 amide bonds. The molecule has 1 unspecified atom stereocenters. The van der Waals surface area contributed by atoms with E-state index in [2.05, 4.69) is 20.2 Å². The first-order chi connectivity index (χ1) is 13.6. The summed E-state index contributed by atoms with van der Waals surface area (Å²) >= 11 is 12.6. The van der Waals surface area contributed by atoms with Crippen molar-refractivity contribution in [3.05, 3.63) is 52.8 Å². The molecule has 0 aliphatic carbocycles. The summed E-state index contributed by atoms with van der Waals surface area (Å²) < 4.78 is 0. The molecule has 0 spiro atoms. The summed E-state index contributed by atoms with van der Waals surface area (Å²) in [4.78, 5) is 23.2. The Morgan fingerprint density at radius 1 is 1.18 bits per heavy atom. The molecule has 1 saturated heterocycles. The molecule has 0 bridgehead atoms. The number of anilines is 1. The van der Waals surface area contributed by atoms with E-state index < -0.39 is 0 Å². The first kappa shape index (κ1) is 19.0. The number of rotatable bonds is 3. The van der Waals surface area contributed by atoms with Crippen molar-refractivity contribution in [2.75, 3.05) is 25.0 Å². The lowest BCUT2D eigenvalue weighted by atomic mass is 9.96. The highest BCUT2D eigenvalue weighted by Gasteiger charge is 2.27. The number of aromatic nitrogens is 2. The van der Waals surface area contributed by atoms with Crippen LogP contribution in [-0.4, -0.2) is 36.0 Å². The number of halogens is 2. The maximum Gasteiger partial charge on any atom is 0.224 e. The minimum atomic E-state index is -0.0354. The number of piperidine rings is 1. The Kier molecular flexibility index (Phi) is 5.38. The van der Waals surface area contributed by atoms with Crippen LogP contribution in [0.4, 0.5) is 5.82 Å². The second-order valence-corrected chi connectivity index (χ2v) is 7.80. The first-order valence-electron chi connectivity index (χ1n) is 9.23. The van der Waals surface area contributed by atoms with E-state index in [1.54, 1.807) is 13.4 Å². The van der Waals surface area contributed by atoms with Gasteiger partial charge in [-0.2, -0.15) is 0 Å². The highest BCUT2D eigenvalue weighted by Crippen LogP contribution is 2.36. The van der Waals surface area contributed by atoms with Gasteiger partial charge >= 0.3 is 0 Å². The van der Waals surface area contributed by atoms with Gasteiger partial charge in [-0.1, -0.05) is 35.3 Å². The summed E-state index contributed by atoms with van der Waals surface area (Å²) in [6.07, 6.45) is 3.39. The van der Waals surface area contributed by atoms with Gasteiger partial charge in [0, 0.05) is 36.1 Å². The molecule has 1 N–H and O–H groups in total. The molecule has 144 valence electrons. The molecular weight excluding hydrogens is 395 g/mol. The van der Waals surface area contributed by atoms with Crippen LogP contribution in [0.25, 0.3) is 22.0 Å². The van der Waals surface area contributed by atoms with Crippen LogP contribution in [0.2, 0.25) is 10.0 Å². The van der Waals surface area contributed by atoms with Gasteiger partial charge in [0.1, 0.15) is 12.1 Å². The number of carbonyl (C=O) groups is 1. The number of benzene rings is 2. The average Bonchev–Trinajstić information content (AvgIpc) is 2.73. The fourth-order valence-corrected chi connectivity index (χ4v) is 4.15. The summed E-state index contributed by atoms with van der Waals surface area (Å²) in [5.41, 5.74) is 2.67. The highest BCUT2D eigenvalue weighted by atomic mass is 35.5. The normalized spacial score (nSPS) is 17.0. The Labute approximate surface area is 173 Å². The highest BCUT2D eigenvalue weighted by molar-refractivity contribution is 6.34. The van der Waals surface area contributed by atoms with Crippen molar-refractivity contribution in [3.63, 3.8) is 0 Å². The molecule has 28 heavy (non-hydrogen) atoms. The molecule has 4 rings (SSSR count). The molecule has 1 aliphatic rings. The Bertz CT molecular complexity index is 1020. The first-order valence-corrected chi connectivity index (χ1v) is 9.99. The van der Waals surface area contributed by atoms with E-state index in [-0.39, 0.29) is 11.8 Å². The predicted octanol–water partition coefficient (Wildman–Crippen LogP) is 4.57. The second kappa shape index (κ2) is 7.94. The van der Waals surface area contributed by atoms with Gasteiger partial charge in [-0.25, -0.2) is 9.97 Å². The molecule has 1 aromatic heterocycles. The van der Waals surface area contributed by atoms with Crippen LogP contribution < -0.4 is 10.2 Å². The third-order valence-corrected chi connectivity index (χ3v) is 5.76. The lowest BCUT2D eigenvalue weighted by Gasteiger charge is -2.33. The predicted molar refractivity (Wildman–Crippen MR) is 114 cm³/mol. The van der Waals surface area contributed by atoms with E-state index >= 15 is 0 Å². The summed E-state index contributed by atoms with van der Waals surface area (Å²) in [5, 5.41) is 4.99. The van der Waals surface area contributed by atoms with Crippen molar-refractivity contribution in [2.45, 2.75) is 12.8 Å². The van der Waals surface area contributed by atoms with Gasteiger partial charge in [0.25, 0.3) is 0 Å². The number of carbonyl (C=O) groups excluding carboxylic acids is 1. The SMILES string of the molecule is CNC(=O)C1CCCN(c2ncnc3cc(Cl)c(-c4ccc(Cl)cc4)cc23)C1. The molecule has 2 heterocycles. The van der Waals surface area contributed by atoms with Crippen LogP contribution in [0.5, 0.6) is 0 Å². The Morgan fingerprint density at radius 3 is 2.71 bits per heavy atom. The Balaban J connectivity index is 1.78. The maximum atomic E-state index is 12.1. The van der Waals surface area contributed by atoms with Crippen LogP contribution in [-0.2, 0) is 4.79 Å². The fraction of sp³-hybridized carbons (Fsp3) is 0.286. The second-order valence-electron chi connectivity index (χ2n) is 6.95. The van der Waals surface area contributed by atoms with Gasteiger partial charge in [-0.15, -0.1) is 0 Å². The van der Waals surface area contributed by atoms with Gasteiger partial charge in [-0.3, -0.25) is 4.79 Å². The molecule has 1 atom stereocenters. The zero-order valence-corrected chi connectivity index (χ0v) is 17.0. The van der Waals surface area contributed by atoms with Gasteiger partial charge in [0.05, 0.1) is 16.5 Å². The van der Waals surface area contributed by atoms with Gasteiger partial charge < -0.3 is 10.2 Å². The van der Waals surface area contributed by atoms with E-state index in [9.17, 15) is 4.79 Å². The lowest BCUT2D eigenvalue weighted by molar-refractivity contribution is -0.124. The number of fused-ring (bicyclic) bond motifs is 1. The molecule has 3 aromatic rings. The van der Waals surface area contributed by atoms with Crippen LogP contribution in [0.1, 0.15) is 12.8 Å². The largest absolute Gasteiger partial charge is 0.359 e. The monoisotopic (exact) mass is 414 g/mol. The van der Waals surface area contributed by atoms with E-state index in [1.807, 2.05) is 36.4 Å². The quantitative estimate of drug-likeness (QED) is 0.681. The minimum Gasteiger partial charge on any atom is -0.359 e. The number of nitrogens with zero attached hydrogens (tertiary/aromatic N) is 3. The maximum absolute atomic E-state index is 12.1. The van der Waals surface area contributed by atoms with Crippen molar-refractivity contribution in [2.24, 2.45) is 5.92 Å². The standard InChI is InChI=1S/C21H20Cl2N4O/c1-24-21(28)14-3-2-8-27(11-14)20-17-9-16(13-4-6-15(22)7-5-13)18(23)10-19(17)25-12-26-20/h4-7,9-10,12,14H,2-3,8,11H2,1H3,(H,24,28). The Hall–Kier alpha value is -2.37. The molecule has 5 nitrogen and oxygen atoms in total. The summed E-state index contributed by atoms with van der Waals surface area (Å²) in [6, 6.07) is 11.5. The van der Waals surface area contributed by atoms with Crippen molar-refractivity contribution in [1.82, 2.24) is 15.3 Å². The molecule has 2 aromatic carbocycles. The van der Waals surface area contributed by atoms with Gasteiger partial charge in [0.2, 0.25) is 5.91 Å². The van der Waals surface area contributed by atoms with Crippen LogP contribution in [0, 0.1) is 5.92 Å². The third-order valence-electron chi connectivity index (χ3n) is 5.20. The van der Waals surface area contributed by atoms with Crippen molar-refractivity contribution < 1.29 is 4.79 Å². The summed E-state index contributed by atoms with van der Waals surface area (Å²) in [7, 11) is 1.68. The molecular formula is C21H20Cl2N4O. The topological polar surface area (TPSA) is 58.1 Å². The summed E-state index contributed by atoms with van der Waals surface area (Å²) in [6.45, 7) is 1.50. The number of hydrogen-bond donors (Lipinski definition) is 1. The number of amides is 1. The fourth-order valence-electron chi connectivity index (χ4n) is 3.75. The van der Waals surface area contributed by atoms with E-state index in [4.69, 9.17) is 23.2 Å². The number of hydrogen-bond acceptors (Lipinski definition) is 4. The molecule has 0 radical (unpaired) electrons. The van der Waals surface area contributed by atoms with Crippen molar-refractivity contribution >= 4 is 45.8 Å². The smallest absolute Gasteiger partial charge is 0.224 e. The van der Waals surface area contributed by atoms with E-state index in [0.717, 1.165) is 47.2 Å². The average molecular weight is 415 g/mol. The van der Waals surface area contributed by atoms with E-state index in [0.29, 0.717) is 16.6 Å². The molecule has 1 aliphatic heterocycles. The molecule has 0 saturated carbocycles. The third kappa shape index (κ3) is 3.64. The van der Waals surface area contributed by atoms with Crippen LogP contribution >= 0.6 is 23.2 Å². The Morgan fingerprint density at radius 2 is 1.96 bits per heavy atom. The molecule has 7 heteroatoms.